The number of nitrogens with zero attached hydrogens (tertiary/aromatic N) is 2. The minimum Gasteiger partial charge on any atom is -0.383 e. The second kappa shape index (κ2) is 9.94. The molecule has 0 aliphatic carbocycles. The van der Waals surface area contributed by atoms with Crippen molar-refractivity contribution in [1.29, 1.82) is 0 Å². The van der Waals surface area contributed by atoms with Gasteiger partial charge in [-0.1, -0.05) is 29.4 Å². The van der Waals surface area contributed by atoms with Gasteiger partial charge in [-0.3, -0.25) is 0 Å². The van der Waals surface area contributed by atoms with Crippen LogP contribution in [0.2, 0.25) is 0 Å². The van der Waals surface area contributed by atoms with Gasteiger partial charge in [-0.05, 0) is 47.5 Å². The minimum absolute atomic E-state index is 0.0560. The third kappa shape index (κ3) is 5.45. The molecule has 0 bridgehead atoms. The van der Waals surface area contributed by atoms with Gasteiger partial charge in [0.1, 0.15) is 23.3 Å². The van der Waals surface area contributed by atoms with Crippen LogP contribution < -0.4 is 0 Å². The molecular formula is C24H20F4N2O3S. The highest BCUT2D eigenvalue weighted by Crippen LogP contribution is 2.28. The van der Waals surface area contributed by atoms with E-state index in [1.807, 2.05) is 0 Å². The lowest BCUT2D eigenvalue weighted by Crippen LogP contribution is -2.38. The zero-order chi connectivity index (χ0) is 24.3. The molecule has 10 heteroatoms. The summed E-state index contributed by atoms with van der Waals surface area (Å²) in [5, 5.41) is 4.19. The van der Waals surface area contributed by atoms with Crippen molar-refractivity contribution in [2.45, 2.75) is 23.8 Å². The highest BCUT2D eigenvalue weighted by Gasteiger charge is 2.29. The monoisotopic (exact) mass is 492 g/mol. The Balaban J connectivity index is 1.49. The Hall–Kier alpha value is -3.24. The fraction of sp³-hybridized carbons (Fsp3) is 0.208. The predicted molar refractivity (Wildman–Crippen MR) is 118 cm³/mol. The Labute approximate surface area is 194 Å². The largest absolute Gasteiger partial charge is 0.383 e. The summed E-state index contributed by atoms with van der Waals surface area (Å²) in [4.78, 5) is 5.30. The molecule has 0 N–H and O–H groups in total. The fourth-order valence-corrected chi connectivity index (χ4v) is 5.10. The van der Waals surface area contributed by atoms with Gasteiger partial charge in [0.15, 0.2) is 6.10 Å². The average Bonchev–Trinajstić information content (AvgIpc) is 2.81. The summed E-state index contributed by atoms with van der Waals surface area (Å²) in [5.74, 6) is -2.78. The molecule has 0 radical (unpaired) electrons. The van der Waals surface area contributed by atoms with Crippen molar-refractivity contribution in [1.82, 2.24) is 4.31 Å². The van der Waals surface area contributed by atoms with E-state index < -0.39 is 44.3 Å². The smallest absolute Gasteiger partial charge is 0.243 e. The van der Waals surface area contributed by atoms with Gasteiger partial charge in [-0.2, -0.15) is 4.31 Å². The van der Waals surface area contributed by atoms with Gasteiger partial charge < -0.3 is 4.84 Å². The molecule has 34 heavy (non-hydrogen) atoms. The first-order chi connectivity index (χ1) is 16.2. The molecule has 0 saturated carbocycles. The van der Waals surface area contributed by atoms with Crippen LogP contribution in [0.4, 0.5) is 17.6 Å². The van der Waals surface area contributed by atoms with Crippen molar-refractivity contribution < 1.29 is 30.8 Å². The standard InChI is InChI=1S/C24H20F4N2O3S/c25-18-5-1-16(2-6-18)24(17-3-7-19(26)8-4-17)33-29-22-9-11-30(12-10-22)34(31,32)23-14-20(27)13-21(28)15-23/h1-8,13-15,24H,9-12H2. The molecular weight excluding hydrogens is 472 g/mol. The van der Waals surface area contributed by atoms with Gasteiger partial charge in [0.05, 0.1) is 10.6 Å². The van der Waals surface area contributed by atoms with E-state index in [4.69, 9.17) is 4.84 Å². The molecule has 0 amide bonds. The van der Waals surface area contributed by atoms with Crippen LogP contribution in [0.3, 0.4) is 0 Å². The first-order valence-corrected chi connectivity index (χ1v) is 11.8. The summed E-state index contributed by atoms with van der Waals surface area (Å²) in [6.45, 7) is 0.112. The van der Waals surface area contributed by atoms with Crippen molar-refractivity contribution in [3.05, 3.63) is 101 Å². The lowest BCUT2D eigenvalue weighted by atomic mass is 10.0. The van der Waals surface area contributed by atoms with Crippen LogP contribution in [0, 0.1) is 23.3 Å². The Morgan fingerprint density at radius 1 is 0.735 bits per heavy atom. The Kier molecular flexibility index (Phi) is 6.99. The van der Waals surface area contributed by atoms with Crippen LogP contribution >= 0.6 is 0 Å². The first-order valence-electron chi connectivity index (χ1n) is 10.4. The van der Waals surface area contributed by atoms with Gasteiger partial charge >= 0.3 is 0 Å². The molecule has 1 fully saturated rings. The van der Waals surface area contributed by atoms with E-state index in [9.17, 15) is 26.0 Å². The molecule has 3 aromatic carbocycles. The van der Waals surface area contributed by atoms with Gasteiger partial charge in [0, 0.05) is 32.0 Å². The molecule has 1 aliphatic heterocycles. The van der Waals surface area contributed by atoms with Crippen LogP contribution in [0.5, 0.6) is 0 Å². The molecule has 0 atom stereocenters. The van der Waals surface area contributed by atoms with E-state index in [1.54, 1.807) is 0 Å². The number of hydrogen-bond acceptors (Lipinski definition) is 4. The van der Waals surface area contributed by atoms with E-state index in [0.29, 0.717) is 22.9 Å². The molecule has 4 rings (SSSR count). The number of hydrogen-bond donors (Lipinski definition) is 0. The lowest BCUT2D eigenvalue weighted by molar-refractivity contribution is 0.0855. The number of rotatable bonds is 6. The topological polar surface area (TPSA) is 59.0 Å². The maximum Gasteiger partial charge on any atom is 0.243 e. The maximum atomic E-state index is 13.5. The van der Waals surface area contributed by atoms with Gasteiger partial charge in [0.25, 0.3) is 0 Å². The van der Waals surface area contributed by atoms with E-state index in [1.165, 1.54) is 48.5 Å². The summed E-state index contributed by atoms with van der Waals surface area (Å²) in [6, 6.07) is 13.4. The second-order valence-corrected chi connectivity index (χ2v) is 9.69. The molecule has 5 nitrogen and oxygen atoms in total. The molecule has 0 unspecified atom stereocenters. The van der Waals surface area contributed by atoms with Crippen LogP contribution in [0.25, 0.3) is 0 Å². The average molecular weight is 492 g/mol. The number of benzene rings is 3. The lowest BCUT2D eigenvalue weighted by Gasteiger charge is -2.27. The van der Waals surface area contributed by atoms with Crippen LogP contribution in [0.1, 0.15) is 30.1 Å². The van der Waals surface area contributed by atoms with Gasteiger partial charge in [-0.25, -0.2) is 26.0 Å². The van der Waals surface area contributed by atoms with Crippen LogP contribution in [-0.2, 0) is 14.9 Å². The van der Waals surface area contributed by atoms with Crippen molar-refractivity contribution in [3.8, 4) is 0 Å². The van der Waals surface area contributed by atoms with Crippen molar-refractivity contribution in [2.24, 2.45) is 5.16 Å². The summed E-state index contributed by atoms with van der Waals surface area (Å²) in [5.41, 5.74) is 1.79. The van der Waals surface area contributed by atoms with E-state index >= 15 is 0 Å². The maximum absolute atomic E-state index is 13.5. The molecule has 178 valence electrons. The van der Waals surface area contributed by atoms with E-state index in [0.717, 1.165) is 16.4 Å². The third-order valence-corrected chi connectivity index (χ3v) is 7.28. The molecule has 1 saturated heterocycles. The van der Waals surface area contributed by atoms with Gasteiger partial charge in [0.2, 0.25) is 10.0 Å². The molecule has 0 spiro atoms. The van der Waals surface area contributed by atoms with Gasteiger partial charge in [-0.15, -0.1) is 0 Å². The SMILES string of the molecule is O=S(=O)(c1cc(F)cc(F)c1)N1CCC(=NOC(c2ccc(F)cc2)c2ccc(F)cc2)CC1. The van der Waals surface area contributed by atoms with E-state index in [-0.39, 0.29) is 25.9 Å². The van der Waals surface area contributed by atoms with E-state index in [2.05, 4.69) is 5.16 Å². The molecule has 3 aromatic rings. The number of piperidine rings is 1. The Morgan fingerprint density at radius 3 is 1.68 bits per heavy atom. The first kappa shape index (κ1) is 23.9. The molecule has 1 aliphatic rings. The van der Waals surface area contributed by atoms with Crippen LogP contribution in [-0.4, -0.2) is 31.5 Å². The molecule has 1 heterocycles. The number of sulfonamides is 1. The van der Waals surface area contributed by atoms with Crippen molar-refractivity contribution in [2.75, 3.05) is 13.1 Å². The predicted octanol–water partition coefficient (Wildman–Crippen LogP) is 5.19. The zero-order valence-electron chi connectivity index (χ0n) is 17.8. The minimum atomic E-state index is -4.07. The Bertz CT molecular complexity index is 1220. The highest BCUT2D eigenvalue weighted by atomic mass is 32.2. The van der Waals surface area contributed by atoms with Crippen LogP contribution in [0.15, 0.2) is 76.8 Å². The molecule has 0 aromatic heterocycles. The summed E-state index contributed by atoms with van der Waals surface area (Å²) < 4.78 is 80.3. The highest BCUT2D eigenvalue weighted by molar-refractivity contribution is 7.89. The van der Waals surface area contributed by atoms with Crippen molar-refractivity contribution >= 4 is 15.7 Å². The zero-order valence-corrected chi connectivity index (χ0v) is 18.6. The quantitative estimate of drug-likeness (QED) is 0.352. The summed E-state index contributed by atoms with van der Waals surface area (Å²) >= 11 is 0. The van der Waals surface area contributed by atoms with Crippen molar-refractivity contribution in [3.63, 3.8) is 0 Å². The summed E-state index contributed by atoms with van der Waals surface area (Å²) in [7, 11) is -4.07. The summed E-state index contributed by atoms with van der Waals surface area (Å²) in [6.07, 6.45) is -0.238. The fourth-order valence-electron chi connectivity index (χ4n) is 3.62. The normalized spacial score (nSPS) is 14.9. The Morgan fingerprint density at radius 2 is 1.21 bits per heavy atom. The number of oxime groups is 1. The number of halogens is 4. The third-order valence-electron chi connectivity index (χ3n) is 5.41. The second-order valence-electron chi connectivity index (χ2n) is 7.76.